The second-order valence-corrected chi connectivity index (χ2v) is 4.72. The number of nitriles is 1. The number of nitrogens with one attached hydrogen (secondary N) is 1. The van der Waals surface area contributed by atoms with Crippen molar-refractivity contribution in [3.05, 3.63) is 29.6 Å². The molecular weight excluding hydrogens is 191 g/mol. The Morgan fingerprint density at radius 1 is 1.40 bits per heavy atom. The van der Waals surface area contributed by atoms with Crippen LogP contribution in [0.5, 0.6) is 0 Å². The molecule has 3 heteroatoms. The molecule has 1 aromatic carbocycles. The lowest BCUT2D eigenvalue weighted by Crippen LogP contribution is -2.19. The zero-order valence-electron chi connectivity index (χ0n) is 9.26. The van der Waals surface area contributed by atoms with E-state index in [9.17, 15) is 4.39 Å². The molecule has 0 fully saturated rings. The van der Waals surface area contributed by atoms with Gasteiger partial charge in [0.05, 0.1) is 5.56 Å². The molecule has 80 valence electrons. The Labute approximate surface area is 89.7 Å². The fourth-order valence-corrected chi connectivity index (χ4v) is 1.09. The Kier molecular flexibility index (Phi) is 3.31. The molecule has 0 aliphatic rings. The van der Waals surface area contributed by atoms with Gasteiger partial charge in [-0.1, -0.05) is 20.8 Å². The predicted octanol–water partition coefficient (Wildman–Crippen LogP) is 3.16. The first-order valence-electron chi connectivity index (χ1n) is 4.86. The molecule has 2 nitrogen and oxygen atoms in total. The van der Waals surface area contributed by atoms with Crippen LogP contribution >= 0.6 is 0 Å². The van der Waals surface area contributed by atoms with Crippen LogP contribution in [-0.4, -0.2) is 6.54 Å². The van der Waals surface area contributed by atoms with Crippen molar-refractivity contribution in [1.29, 1.82) is 5.26 Å². The monoisotopic (exact) mass is 206 g/mol. The highest BCUT2D eigenvalue weighted by molar-refractivity contribution is 5.49. The van der Waals surface area contributed by atoms with Crippen LogP contribution in [0.2, 0.25) is 0 Å². The summed E-state index contributed by atoms with van der Waals surface area (Å²) in [6.07, 6.45) is 0. The Bertz CT molecular complexity index is 386. The molecule has 0 amide bonds. The molecule has 1 N–H and O–H groups in total. The maximum absolute atomic E-state index is 13.0. The van der Waals surface area contributed by atoms with Crippen LogP contribution < -0.4 is 5.32 Å². The summed E-state index contributed by atoms with van der Waals surface area (Å²) in [5.41, 5.74) is 1.01. The van der Waals surface area contributed by atoms with E-state index in [1.165, 1.54) is 12.1 Å². The lowest BCUT2D eigenvalue weighted by Gasteiger charge is -2.19. The standard InChI is InChI=1S/C12H15FN2/c1-12(2,3)8-15-10-4-5-11(13)9(6-10)7-14/h4-6,15H,8H2,1-3H3. The van der Waals surface area contributed by atoms with Crippen LogP contribution in [0.3, 0.4) is 0 Å². The van der Waals surface area contributed by atoms with Gasteiger partial charge < -0.3 is 5.32 Å². The van der Waals surface area contributed by atoms with Gasteiger partial charge in [-0.3, -0.25) is 0 Å². The topological polar surface area (TPSA) is 35.8 Å². The van der Waals surface area contributed by atoms with Crippen molar-refractivity contribution in [1.82, 2.24) is 0 Å². The Balaban J connectivity index is 2.76. The summed E-state index contributed by atoms with van der Waals surface area (Å²) in [5, 5.41) is 11.8. The molecule has 0 heterocycles. The summed E-state index contributed by atoms with van der Waals surface area (Å²) in [7, 11) is 0. The summed E-state index contributed by atoms with van der Waals surface area (Å²) < 4.78 is 13.0. The zero-order valence-corrected chi connectivity index (χ0v) is 9.26. The summed E-state index contributed by atoms with van der Waals surface area (Å²) >= 11 is 0. The van der Waals surface area contributed by atoms with Crippen molar-refractivity contribution in [3.63, 3.8) is 0 Å². The number of nitrogens with zero attached hydrogens (tertiary/aromatic N) is 1. The highest BCUT2D eigenvalue weighted by Gasteiger charge is 2.10. The van der Waals surface area contributed by atoms with Gasteiger partial charge >= 0.3 is 0 Å². The van der Waals surface area contributed by atoms with Gasteiger partial charge in [0.25, 0.3) is 0 Å². The number of benzene rings is 1. The van der Waals surface area contributed by atoms with Crippen LogP contribution in [0.15, 0.2) is 18.2 Å². The quantitative estimate of drug-likeness (QED) is 0.806. The zero-order chi connectivity index (χ0) is 11.5. The molecular formula is C12H15FN2. The van der Waals surface area contributed by atoms with E-state index < -0.39 is 5.82 Å². The lowest BCUT2D eigenvalue weighted by molar-refractivity contribution is 0.443. The van der Waals surface area contributed by atoms with Crippen molar-refractivity contribution in [2.24, 2.45) is 5.41 Å². The van der Waals surface area contributed by atoms with E-state index in [-0.39, 0.29) is 11.0 Å². The van der Waals surface area contributed by atoms with Gasteiger partial charge in [-0.05, 0) is 23.6 Å². The van der Waals surface area contributed by atoms with Crippen LogP contribution in [0.4, 0.5) is 10.1 Å². The van der Waals surface area contributed by atoms with Gasteiger partial charge in [0.15, 0.2) is 0 Å². The van der Waals surface area contributed by atoms with E-state index in [1.54, 1.807) is 6.07 Å². The van der Waals surface area contributed by atoms with E-state index in [1.807, 2.05) is 6.07 Å². The molecule has 15 heavy (non-hydrogen) atoms. The third kappa shape index (κ3) is 3.59. The highest BCUT2D eigenvalue weighted by atomic mass is 19.1. The molecule has 0 radical (unpaired) electrons. The van der Waals surface area contributed by atoms with E-state index in [4.69, 9.17) is 5.26 Å². The van der Waals surface area contributed by atoms with Crippen LogP contribution in [0.25, 0.3) is 0 Å². The first kappa shape index (κ1) is 11.5. The molecule has 0 aliphatic carbocycles. The fraction of sp³-hybridized carbons (Fsp3) is 0.417. The predicted molar refractivity (Wildman–Crippen MR) is 59.1 cm³/mol. The largest absolute Gasteiger partial charge is 0.384 e. The first-order chi connectivity index (χ1) is 6.92. The van der Waals surface area contributed by atoms with Gasteiger partial charge in [-0.15, -0.1) is 0 Å². The Morgan fingerprint density at radius 2 is 2.07 bits per heavy atom. The second-order valence-electron chi connectivity index (χ2n) is 4.72. The lowest BCUT2D eigenvalue weighted by atomic mass is 9.97. The number of rotatable bonds is 2. The van der Waals surface area contributed by atoms with Crippen LogP contribution in [0.1, 0.15) is 26.3 Å². The van der Waals surface area contributed by atoms with Crippen molar-refractivity contribution in [2.75, 3.05) is 11.9 Å². The van der Waals surface area contributed by atoms with Gasteiger partial charge in [0.1, 0.15) is 11.9 Å². The average Bonchev–Trinajstić information content (AvgIpc) is 2.15. The van der Waals surface area contributed by atoms with Crippen LogP contribution in [0, 0.1) is 22.6 Å². The molecule has 0 saturated heterocycles. The van der Waals surface area contributed by atoms with Crippen molar-refractivity contribution < 1.29 is 4.39 Å². The highest BCUT2D eigenvalue weighted by Crippen LogP contribution is 2.17. The Morgan fingerprint density at radius 3 is 2.60 bits per heavy atom. The SMILES string of the molecule is CC(C)(C)CNc1ccc(F)c(C#N)c1. The normalized spacial score (nSPS) is 10.9. The molecule has 0 aromatic heterocycles. The number of anilines is 1. The molecule has 0 spiro atoms. The maximum atomic E-state index is 13.0. The van der Waals surface area contributed by atoms with Gasteiger partial charge in [-0.2, -0.15) is 5.26 Å². The smallest absolute Gasteiger partial charge is 0.141 e. The minimum absolute atomic E-state index is 0.0777. The molecule has 1 rings (SSSR count). The molecule has 0 saturated carbocycles. The third-order valence-corrected chi connectivity index (χ3v) is 1.91. The van der Waals surface area contributed by atoms with E-state index in [2.05, 4.69) is 26.1 Å². The number of hydrogen-bond donors (Lipinski definition) is 1. The van der Waals surface area contributed by atoms with Crippen LogP contribution in [-0.2, 0) is 0 Å². The van der Waals surface area contributed by atoms with Crippen molar-refractivity contribution >= 4 is 5.69 Å². The minimum atomic E-state index is -0.473. The molecule has 1 aromatic rings. The third-order valence-electron chi connectivity index (χ3n) is 1.91. The summed E-state index contributed by atoms with van der Waals surface area (Å²) in [4.78, 5) is 0. The van der Waals surface area contributed by atoms with Crippen molar-refractivity contribution in [3.8, 4) is 6.07 Å². The number of hydrogen-bond acceptors (Lipinski definition) is 2. The van der Waals surface area contributed by atoms with E-state index in [0.29, 0.717) is 0 Å². The molecule has 0 bridgehead atoms. The average molecular weight is 206 g/mol. The van der Waals surface area contributed by atoms with Gasteiger partial charge in [-0.25, -0.2) is 4.39 Å². The Hall–Kier alpha value is -1.56. The maximum Gasteiger partial charge on any atom is 0.141 e. The van der Waals surface area contributed by atoms with Gasteiger partial charge in [0.2, 0.25) is 0 Å². The molecule has 0 unspecified atom stereocenters. The van der Waals surface area contributed by atoms with Crippen molar-refractivity contribution in [2.45, 2.75) is 20.8 Å². The second kappa shape index (κ2) is 4.31. The van der Waals surface area contributed by atoms with E-state index >= 15 is 0 Å². The summed E-state index contributed by atoms with van der Waals surface area (Å²) in [6, 6.07) is 6.30. The fourth-order valence-electron chi connectivity index (χ4n) is 1.09. The van der Waals surface area contributed by atoms with Gasteiger partial charge in [0, 0.05) is 12.2 Å². The summed E-state index contributed by atoms with van der Waals surface area (Å²) in [6.45, 7) is 7.10. The first-order valence-corrected chi connectivity index (χ1v) is 4.86. The number of halogens is 1. The molecule has 0 aliphatic heterocycles. The van der Waals surface area contributed by atoms with E-state index in [0.717, 1.165) is 12.2 Å². The summed E-state index contributed by atoms with van der Waals surface area (Å²) in [5.74, 6) is -0.473. The minimum Gasteiger partial charge on any atom is -0.384 e. The molecule has 0 atom stereocenters.